The molecule has 1 aromatic heterocycles. The van der Waals surface area contributed by atoms with Crippen LogP contribution in [-0.4, -0.2) is 25.3 Å². The summed E-state index contributed by atoms with van der Waals surface area (Å²) in [6.07, 6.45) is 0. The molecular formula is C9H7N3O5. The Balaban J connectivity index is 2.60. The van der Waals surface area contributed by atoms with Gasteiger partial charge >= 0.3 is 5.69 Å². The van der Waals surface area contributed by atoms with Gasteiger partial charge in [0.15, 0.2) is 11.6 Å². The zero-order chi connectivity index (χ0) is 12.6. The van der Waals surface area contributed by atoms with E-state index >= 15 is 0 Å². The van der Waals surface area contributed by atoms with Crippen molar-refractivity contribution in [3.63, 3.8) is 0 Å². The molecule has 0 atom stereocenters. The summed E-state index contributed by atoms with van der Waals surface area (Å²) in [6, 6.07) is 2.15. The molecule has 0 radical (unpaired) electrons. The van der Waals surface area contributed by atoms with E-state index in [9.17, 15) is 20.3 Å². The first-order valence-electron chi connectivity index (χ1n) is 4.50. The van der Waals surface area contributed by atoms with Gasteiger partial charge in [-0.2, -0.15) is 4.98 Å². The Morgan fingerprint density at radius 2 is 2.12 bits per heavy atom. The third-order valence-electron chi connectivity index (χ3n) is 2.04. The Bertz CT molecular complexity index is 592. The second-order valence-electron chi connectivity index (χ2n) is 3.27. The highest BCUT2D eigenvalue weighted by Gasteiger charge is 2.21. The van der Waals surface area contributed by atoms with Crippen LogP contribution in [0.1, 0.15) is 5.82 Å². The summed E-state index contributed by atoms with van der Waals surface area (Å²) >= 11 is 0. The molecule has 8 heteroatoms. The van der Waals surface area contributed by atoms with E-state index in [1.807, 2.05) is 0 Å². The molecule has 0 unspecified atom stereocenters. The standard InChI is InChI=1S/C9H7N3O5/c1-4-10-9(17-11-4)5-2-6(12(15)16)8(14)7(13)3-5/h2-3,13-14H,1H3. The Morgan fingerprint density at radius 1 is 1.41 bits per heavy atom. The van der Waals surface area contributed by atoms with Gasteiger partial charge in [0, 0.05) is 6.07 Å². The van der Waals surface area contributed by atoms with Gasteiger partial charge in [0.05, 0.1) is 10.5 Å². The SMILES string of the molecule is Cc1noc(-c2cc(O)c(O)c([N+](=O)[O-])c2)n1. The van der Waals surface area contributed by atoms with Gasteiger partial charge in [0.2, 0.25) is 5.75 Å². The number of phenolic OH excluding ortho intramolecular Hbond substituents is 2. The van der Waals surface area contributed by atoms with Crippen LogP contribution in [0.15, 0.2) is 16.7 Å². The summed E-state index contributed by atoms with van der Waals surface area (Å²) in [6.45, 7) is 1.59. The maximum atomic E-state index is 10.6. The molecule has 0 bridgehead atoms. The first-order chi connectivity index (χ1) is 7.99. The van der Waals surface area contributed by atoms with E-state index in [4.69, 9.17) is 4.52 Å². The molecule has 2 rings (SSSR count). The zero-order valence-electron chi connectivity index (χ0n) is 8.62. The lowest BCUT2D eigenvalue weighted by Gasteiger charge is -2.00. The predicted molar refractivity (Wildman–Crippen MR) is 54.5 cm³/mol. The fourth-order valence-corrected chi connectivity index (χ4v) is 1.28. The van der Waals surface area contributed by atoms with Gasteiger partial charge in [-0.15, -0.1) is 0 Å². The van der Waals surface area contributed by atoms with E-state index in [1.54, 1.807) is 6.92 Å². The van der Waals surface area contributed by atoms with Crippen LogP contribution in [0.5, 0.6) is 11.5 Å². The van der Waals surface area contributed by atoms with Crippen molar-refractivity contribution in [3.05, 3.63) is 28.1 Å². The first-order valence-corrected chi connectivity index (χ1v) is 4.50. The van der Waals surface area contributed by atoms with Crippen LogP contribution in [0.2, 0.25) is 0 Å². The molecule has 0 fully saturated rings. The number of hydrogen-bond acceptors (Lipinski definition) is 7. The van der Waals surface area contributed by atoms with Crippen LogP contribution in [0.3, 0.4) is 0 Å². The molecule has 0 amide bonds. The average Bonchev–Trinajstić information content (AvgIpc) is 2.68. The molecule has 2 N–H and O–H groups in total. The van der Waals surface area contributed by atoms with Crippen LogP contribution in [0.25, 0.3) is 11.5 Å². The van der Waals surface area contributed by atoms with Gasteiger partial charge in [-0.25, -0.2) is 0 Å². The summed E-state index contributed by atoms with van der Waals surface area (Å²) in [5.41, 5.74) is -0.469. The normalized spacial score (nSPS) is 10.4. The number of aromatic hydroxyl groups is 2. The average molecular weight is 237 g/mol. The third-order valence-corrected chi connectivity index (χ3v) is 2.04. The molecule has 0 aliphatic heterocycles. The van der Waals surface area contributed by atoms with Crippen molar-refractivity contribution in [1.82, 2.24) is 10.1 Å². The molecule has 0 aliphatic rings. The van der Waals surface area contributed by atoms with Crippen molar-refractivity contribution in [1.29, 1.82) is 0 Å². The monoisotopic (exact) mass is 237 g/mol. The van der Waals surface area contributed by atoms with Crippen LogP contribution in [-0.2, 0) is 0 Å². The molecule has 1 aromatic carbocycles. The van der Waals surface area contributed by atoms with Crippen molar-refractivity contribution >= 4 is 5.69 Å². The molecule has 2 aromatic rings. The second kappa shape index (κ2) is 3.74. The maximum Gasteiger partial charge on any atom is 0.315 e. The van der Waals surface area contributed by atoms with Crippen LogP contribution < -0.4 is 0 Å². The Labute approximate surface area is 94.3 Å². The molecule has 8 nitrogen and oxygen atoms in total. The van der Waals surface area contributed by atoms with Crippen molar-refractivity contribution < 1.29 is 19.7 Å². The quantitative estimate of drug-likeness (QED) is 0.459. The molecule has 1 heterocycles. The fourth-order valence-electron chi connectivity index (χ4n) is 1.28. The highest BCUT2D eigenvalue weighted by atomic mass is 16.6. The molecular weight excluding hydrogens is 230 g/mol. The van der Waals surface area contributed by atoms with Crippen molar-refractivity contribution in [2.75, 3.05) is 0 Å². The number of hydrogen-bond donors (Lipinski definition) is 2. The number of rotatable bonds is 2. The van der Waals surface area contributed by atoms with E-state index in [0.717, 1.165) is 12.1 Å². The summed E-state index contributed by atoms with van der Waals surface area (Å²) in [5, 5.41) is 32.8. The molecule has 0 saturated heterocycles. The van der Waals surface area contributed by atoms with Crippen molar-refractivity contribution in [2.24, 2.45) is 0 Å². The van der Waals surface area contributed by atoms with Crippen molar-refractivity contribution in [3.8, 4) is 23.0 Å². The number of nitrogens with zero attached hydrogens (tertiary/aromatic N) is 3. The number of nitro groups is 1. The Kier molecular flexibility index (Phi) is 2.39. The van der Waals surface area contributed by atoms with Gasteiger partial charge in [0.1, 0.15) is 0 Å². The molecule has 0 saturated carbocycles. The van der Waals surface area contributed by atoms with E-state index in [0.29, 0.717) is 5.82 Å². The van der Waals surface area contributed by atoms with E-state index in [-0.39, 0.29) is 11.5 Å². The predicted octanol–water partition coefficient (Wildman–Crippen LogP) is 1.36. The smallest absolute Gasteiger partial charge is 0.315 e. The van der Waals surface area contributed by atoms with Gasteiger partial charge in [0.25, 0.3) is 5.89 Å². The van der Waals surface area contributed by atoms with E-state index in [1.165, 1.54) is 0 Å². The number of aryl methyl sites for hydroxylation is 1. The number of benzene rings is 1. The number of aromatic nitrogens is 2. The van der Waals surface area contributed by atoms with Crippen molar-refractivity contribution in [2.45, 2.75) is 6.92 Å². The lowest BCUT2D eigenvalue weighted by molar-refractivity contribution is -0.385. The minimum absolute atomic E-state index is 0.0286. The highest BCUT2D eigenvalue weighted by Crippen LogP contribution is 2.38. The van der Waals surface area contributed by atoms with E-state index in [2.05, 4.69) is 10.1 Å². The summed E-state index contributed by atoms with van der Waals surface area (Å²) < 4.78 is 4.80. The fraction of sp³-hybridized carbons (Fsp3) is 0.111. The summed E-state index contributed by atoms with van der Waals surface area (Å²) in [5.74, 6) is -1.03. The lowest BCUT2D eigenvalue weighted by Crippen LogP contribution is -1.90. The minimum Gasteiger partial charge on any atom is -0.504 e. The Hall–Kier alpha value is -2.64. The number of nitro benzene ring substituents is 1. The van der Waals surface area contributed by atoms with Gasteiger partial charge in [-0.1, -0.05) is 5.16 Å². The zero-order valence-corrected chi connectivity index (χ0v) is 8.62. The van der Waals surface area contributed by atoms with Crippen LogP contribution in [0.4, 0.5) is 5.69 Å². The van der Waals surface area contributed by atoms with Gasteiger partial charge < -0.3 is 14.7 Å². The van der Waals surface area contributed by atoms with Gasteiger partial charge in [-0.05, 0) is 13.0 Å². The largest absolute Gasteiger partial charge is 0.504 e. The topological polar surface area (TPSA) is 123 Å². The molecule has 17 heavy (non-hydrogen) atoms. The molecule has 0 aliphatic carbocycles. The minimum atomic E-state index is -0.818. The van der Waals surface area contributed by atoms with Gasteiger partial charge in [-0.3, -0.25) is 10.1 Å². The third kappa shape index (κ3) is 1.87. The van der Waals surface area contributed by atoms with Crippen LogP contribution >= 0.6 is 0 Å². The first kappa shape index (κ1) is 10.9. The maximum absolute atomic E-state index is 10.6. The summed E-state index contributed by atoms with van der Waals surface area (Å²) in [4.78, 5) is 13.7. The lowest BCUT2D eigenvalue weighted by atomic mass is 10.1. The molecule has 0 spiro atoms. The van der Waals surface area contributed by atoms with Crippen LogP contribution in [0, 0.1) is 17.0 Å². The Morgan fingerprint density at radius 3 is 2.65 bits per heavy atom. The van der Waals surface area contributed by atoms with E-state index < -0.39 is 22.1 Å². The molecule has 88 valence electrons. The highest BCUT2D eigenvalue weighted by molar-refractivity contribution is 5.67. The number of phenols is 2. The second-order valence-corrected chi connectivity index (χ2v) is 3.27. The summed E-state index contributed by atoms with van der Waals surface area (Å²) in [7, 11) is 0.